The van der Waals surface area contributed by atoms with Gasteiger partial charge in [0.15, 0.2) is 6.29 Å². The Morgan fingerprint density at radius 1 is 0.500 bits per heavy atom. The van der Waals surface area contributed by atoms with Crippen LogP contribution >= 0.6 is 0 Å². The lowest BCUT2D eigenvalue weighted by molar-refractivity contribution is -0.302. The predicted molar refractivity (Wildman–Crippen MR) is 286 cm³/mol. The van der Waals surface area contributed by atoms with Gasteiger partial charge in [-0.1, -0.05) is 235 Å². The number of allylic oxidation sites excluding steroid dienone is 9. The van der Waals surface area contributed by atoms with E-state index in [1.807, 2.05) is 6.08 Å². The van der Waals surface area contributed by atoms with Gasteiger partial charge in [-0.15, -0.1) is 0 Å². The molecule has 0 bridgehead atoms. The highest BCUT2D eigenvalue weighted by Crippen LogP contribution is 2.23. The van der Waals surface area contributed by atoms with Crippen LogP contribution in [0.15, 0.2) is 60.8 Å². The summed E-state index contributed by atoms with van der Waals surface area (Å²) >= 11 is 0. The van der Waals surface area contributed by atoms with Crippen molar-refractivity contribution in [2.45, 2.75) is 294 Å². The van der Waals surface area contributed by atoms with Crippen molar-refractivity contribution < 1.29 is 39.8 Å². The summed E-state index contributed by atoms with van der Waals surface area (Å²) in [5.41, 5.74) is 0. The number of ether oxygens (including phenoxy) is 2. The van der Waals surface area contributed by atoms with Gasteiger partial charge >= 0.3 is 0 Å². The number of amides is 1. The molecule has 0 aliphatic carbocycles. The van der Waals surface area contributed by atoms with E-state index in [1.165, 1.54) is 173 Å². The SMILES string of the molecule is CCCC/C=C/CC/C=C/CC/C=C/C(O)C(COC1OC(CO)C(O)C(O)C1O)NC(=O)CCCCCCCCCCCCCCCCCCC/C=C\C/C=C\CCCCCCCCCCC. The highest BCUT2D eigenvalue weighted by atomic mass is 16.7. The molecular weight excluding hydrogens is 851 g/mol. The number of aliphatic hydroxyl groups is 5. The predicted octanol–water partition coefficient (Wildman–Crippen LogP) is 13.9. The molecule has 0 aromatic heterocycles. The second-order valence-electron chi connectivity index (χ2n) is 19.7. The number of rotatable bonds is 48. The van der Waals surface area contributed by atoms with Gasteiger partial charge in [0, 0.05) is 6.42 Å². The first-order valence-corrected chi connectivity index (χ1v) is 28.5. The molecule has 0 radical (unpaired) electrons. The summed E-state index contributed by atoms with van der Waals surface area (Å²) in [7, 11) is 0. The lowest BCUT2D eigenvalue weighted by atomic mass is 9.99. The number of carbonyl (C=O) groups is 1. The van der Waals surface area contributed by atoms with E-state index in [0.29, 0.717) is 6.42 Å². The zero-order valence-corrected chi connectivity index (χ0v) is 43.9. The Hall–Kier alpha value is -2.11. The van der Waals surface area contributed by atoms with Crippen LogP contribution in [0.1, 0.15) is 251 Å². The first kappa shape index (κ1) is 63.9. The third-order valence-electron chi connectivity index (χ3n) is 13.3. The lowest BCUT2D eigenvalue weighted by Crippen LogP contribution is -2.60. The fourth-order valence-corrected chi connectivity index (χ4v) is 8.74. The second kappa shape index (κ2) is 48.5. The van der Waals surface area contributed by atoms with Crippen LogP contribution in [0.25, 0.3) is 0 Å². The molecule has 1 saturated heterocycles. The number of aliphatic hydroxyl groups excluding tert-OH is 5. The second-order valence-corrected chi connectivity index (χ2v) is 19.7. The molecule has 0 saturated carbocycles. The van der Waals surface area contributed by atoms with E-state index < -0.39 is 49.5 Å². The Balaban J connectivity index is 2.12. The van der Waals surface area contributed by atoms with Crippen molar-refractivity contribution in [2.75, 3.05) is 13.2 Å². The Morgan fingerprint density at radius 2 is 0.897 bits per heavy atom. The van der Waals surface area contributed by atoms with Crippen molar-refractivity contribution in [3.63, 3.8) is 0 Å². The minimum atomic E-state index is -1.57. The Bertz CT molecular complexity index is 1250. The summed E-state index contributed by atoms with van der Waals surface area (Å²) in [5, 5.41) is 54.3. The molecular formula is C59H107NO8. The number of hydrogen-bond donors (Lipinski definition) is 6. The van der Waals surface area contributed by atoms with Crippen molar-refractivity contribution in [2.24, 2.45) is 0 Å². The Morgan fingerprint density at radius 3 is 1.37 bits per heavy atom. The number of unbranched alkanes of at least 4 members (excludes halogenated alkanes) is 30. The first-order chi connectivity index (χ1) is 33.3. The molecule has 1 fully saturated rings. The Labute approximate surface area is 417 Å². The molecule has 396 valence electrons. The molecule has 6 N–H and O–H groups in total. The summed E-state index contributed by atoms with van der Waals surface area (Å²) in [6, 6.07) is -0.828. The molecule has 0 aromatic rings. The summed E-state index contributed by atoms with van der Waals surface area (Å²) < 4.78 is 11.2. The fraction of sp³-hybridized carbons (Fsp3) is 0.814. The van der Waals surface area contributed by atoms with Gasteiger partial charge < -0.3 is 40.3 Å². The van der Waals surface area contributed by atoms with Gasteiger partial charge in [-0.25, -0.2) is 0 Å². The average Bonchev–Trinajstić information content (AvgIpc) is 3.34. The maximum absolute atomic E-state index is 13.0. The van der Waals surface area contributed by atoms with Gasteiger partial charge in [-0.05, 0) is 70.6 Å². The van der Waals surface area contributed by atoms with Crippen LogP contribution in [-0.4, -0.2) is 87.5 Å². The van der Waals surface area contributed by atoms with E-state index in [4.69, 9.17) is 9.47 Å². The fourth-order valence-electron chi connectivity index (χ4n) is 8.74. The zero-order chi connectivity index (χ0) is 49.4. The van der Waals surface area contributed by atoms with E-state index in [1.54, 1.807) is 6.08 Å². The highest BCUT2D eigenvalue weighted by Gasteiger charge is 2.44. The van der Waals surface area contributed by atoms with Gasteiger partial charge in [0.05, 0.1) is 25.4 Å². The standard InChI is InChI=1S/C59H107NO8/c1-3-5-7-9-11-13-15-17-18-19-20-21-22-23-24-25-26-27-28-29-30-31-32-33-34-35-36-37-39-41-43-45-47-49-55(63)60-52(51-67-59-58(66)57(65)56(64)54(50-61)68-59)53(62)48-46-44-42-40-38-16-14-12-10-8-6-4-2/h10,12,20-21,23-24,38,40,46,48,52-54,56-59,61-62,64-66H,3-9,11,13-19,22,25-37,39,41-45,47,49-51H2,1-2H3,(H,60,63)/b12-10+,21-20-,24-23-,40-38+,48-46+. The van der Waals surface area contributed by atoms with Gasteiger partial charge in [0.25, 0.3) is 0 Å². The van der Waals surface area contributed by atoms with Crippen LogP contribution in [0.4, 0.5) is 0 Å². The molecule has 1 amide bonds. The number of carbonyl (C=O) groups excluding carboxylic acids is 1. The average molecular weight is 959 g/mol. The molecule has 68 heavy (non-hydrogen) atoms. The third-order valence-corrected chi connectivity index (χ3v) is 13.3. The topological polar surface area (TPSA) is 149 Å². The van der Waals surface area contributed by atoms with Gasteiger partial charge in [0.2, 0.25) is 5.91 Å². The number of hydrogen-bond acceptors (Lipinski definition) is 8. The van der Waals surface area contributed by atoms with Crippen molar-refractivity contribution in [1.82, 2.24) is 5.32 Å². The minimum Gasteiger partial charge on any atom is -0.394 e. The quantitative estimate of drug-likeness (QED) is 0.0261. The highest BCUT2D eigenvalue weighted by molar-refractivity contribution is 5.76. The summed E-state index contributed by atoms with van der Waals surface area (Å²) in [5.74, 6) is -0.192. The van der Waals surface area contributed by atoms with Crippen LogP contribution in [0.5, 0.6) is 0 Å². The maximum Gasteiger partial charge on any atom is 0.220 e. The molecule has 7 unspecified atom stereocenters. The van der Waals surface area contributed by atoms with Gasteiger partial charge in [-0.3, -0.25) is 4.79 Å². The number of nitrogens with one attached hydrogen (secondary N) is 1. The molecule has 1 aliphatic heterocycles. The molecule has 1 aliphatic rings. The van der Waals surface area contributed by atoms with Gasteiger partial charge in [-0.2, -0.15) is 0 Å². The van der Waals surface area contributed by atoms with Crippen molar-refractivity contribution in [1.29, 1.82) is 0 Å². The van der Waals surface area contributed by atoms with Crippen LogP contribution in [0.2, 0.25) is 0 Å². The van der Waals surface area contributed by atoms with E-state index in [-0.39, 0.29) is 12.5 Å². The summed E-state index contributed by atoms with van der Waals surface area (Å²) in [6.45, 7) is 3.71. The summed E-state index contributed by atoms with van der Waals surface area (Å²) in [4.78, 5) is 13.0. The zero-order valence-electron chi connectivity index (χ0n) is 43.9. The van der Waals surface area contributed by atoms with Crippen molar-refractivity contribution in [3.05, 3.63) is 60.8 Å². The first-order valence-electron chi connectivity index (χ1n) is 28.5. The summed E-state index contributed by atoms with van der Waals surface area (Å²) in [6.07, 6.45) is 58.8. The molecule has 1 heterocycles. The van der Waals surface area contributed by atoms with Crippen LogP contribution in [0.3, 0.4) is 0 Å². The molecule has 7 atom stereocenters. The molecule has 0 spiro atoms. The van der Waals surface area contributed by atoms with Crippen LogP contribution in [-0.2, 0) is 14.3 Å². The third kappa shape index (κ3) is 37.7. The monoisotopic (exact) mass is 958 g/mol. The van der Waals surface area contributed by atoms with Crippen LogP contribution < -0.4 is 5.32 Å². The normalized spacial score (nSPS) is 20.0. The Kier molecular flexibility index (Phi) is 45.6. The largest absolute Gasteiger partial charge is 0.394 e. The molecule has 0 aromatic carbocycles. The molecule has 9 nitrogen and oxygen atoms in total. The maximum atomic E-state index is 13.0. The lowest BCUT2D eigenvalue weighted by Gasteiger charge is -2.40. The molecule has 9 heteroatoms. The van der Waals surface area contributed by atoms with Crippen molar-refractivity contribution in [3.8, 4) is 0 Å². The molecule has 1 rings (SSSR count). The smallest absolute Gasteiger partial charge is 0.220 e. The minimum absolute atomic E-state index is 0.192. The van der Waals surface area contributed by atoms with E-state index in [0.717, 1.165) is 57.8 Å². The van der Waals surface area contributed by atoms with E-state index in [9.17, 15) is 30.3 Å². The van der Waals surface area contributed by atoms with Crippen LogP contribution in [0, 0.1) is 0 Å². The van der Waals surface area contributed by atoms with Crippen molar-refractivity contribution >= 4 is 5.91 Å². The van der Waals surface area contributed by atoms with E-state index in [2.05, 4.69) is 67.8 Å². The van der Waals surface area contributed by atoms with E-state index >= 15 is 0 Å². The van der Waals surface area contributed by atoms with Gasteiger partial charge in [0.1, 0.15) is 24.4 Å².